The Labute approximate surface area is 113 Å². The number of piperidine rings is 1. The van der Waals surface area contributed by atoms with E-state index in [1.807, 2.05) is 6.07 Å². The van der Waals surface area contributed by atoms with Crippen molar-refractivity contribution in [3.05, 3.63) is 41.2 Å². The van der Waals surface area contributed by atoms with E-state index in [-0.39, 0.29) is 5.82 Å². The highest BCUT2D eigenvalue weighted by atomic mass is 19.1. The van der Waals surface area contributed by atoms with Gasteiger partial charge in [-0.2, -0.15) is 0 Å². The van der Waals surface area contributed by atoms with Gasteiger partial charge in [0.1, 0.15) is 5.82 Å². The summed E-state index contributed by atoms with van der Waals surface area (Å²) in [6.07, 6.45) is 5.49. The Bertz CT molecular complexity index is 456. The van der Waals surface area contributed by atoms with Gasteiger partial charge in [-0.3, -0.25) is 4.90 Å². The van der Waals surface area contributed by atoms with Crippen LogP contribution in [0.1, 0.15) is 24.8 Å². The molecule has 0 spiro atoms. The third-order valence-electron chi connectivity index (χ3n) is 4.08. The van der Waals surface area contributed by atoms with E-state index in [1.54, 1.807) is 12.1 Å². The zero-order valence-corrected chi connectivity index (χ0v) is 11.1. The fourth-order valence-electron chi connectivity index (χ4n) is 2.96. The fraction of sp³-hybridized carbons (Fsp3) is 0.500. The molecule has 0 radical (unpaired) electrons. The molecule has 2 nitrogen and oxygen atoms in total. The van der Waals surface area contributed by atoms with Crippen LogP contribution in [0.5, 0.6) is 0 Å². The van der Waals surface area contributed by atoms with Crippen LogP contribution in [0.15, 0.2) is 29.8 Å². The molecular weight excluding hydrogens is 241 g/mol. The van der Waals surface area contributed by atoms with Crippen LogP contribution in [0, 0.1) is 5.82 Å². The maximum atomic E-state index is 13.1. The van der Waals surface area contributed by atoms with Gasteiger partial charge in [-0.1, -0.05) is 23.8 Å². The van der Waals surface area contributed by atoms with Gasteiger partial charge in [-0.25, -0.2) is 4.39 Å². The molecule has 3 heteroatoms. The number of ether oxygens (including phenoxy) is 1. The van der Waals surface area contributed by atoms with E-state index in [1.165, 1.54) is 18.1 Å². The first kappa shape index (κ1) is 12.8. The van der Waals surface area contributed by atoms with Crippen molar-refractivity contribution < 1.29 is 9.13 Å². The molecule has 19 heavy (non-hydrogen) atoms. The Kier molecular flexibility index (Phi) is 3.95. The van der Waals surface area contributed by atoms with Crippen molar-refractivity contribution in [1.82, 2.24) is 4.90 Å². The Morgan fingerprint density at radius 2 is 2.11 bits per heavy atom. The summed E-state index contributed by atoms with van der Waals surface area (Å²) in [5, 5.41) is 0. The molecule has 2 heterocycles. The summed E-state index contributed by atoms with van der Waals surface area (Å²) in [4.78, 5) is 2.54. The summed E-state index contributed by atoms with van der Waals surface area (Å²) < 4.78 is 18.6. The van der Waals surface area contributed by atoms with Gasteiger partial charge >= 0.3 is 0 Å². The van der Waals surface area contributed by atoms with E-state index >= 15 is 0 Å². The second kappa shape index (κ2) is 5.85. The van der Waals surface area contributed by atoms with Crippen LogP contribution in [0.2, 0.25) is 0 Å². The van der Waals surface area contributed by atoms with Gasteiger partial charge in [0.25, 0.3) is 0 Å². The number of rotatable bonds is 2. The van der Waals surface area contributed by atoms with E-state index in [2.05, 4.69) is 11.0 Å². The number of benzene rings is 1. The normalized spacial score (nSPS) is 24.7. The first-order valence-corrected chi connectivity index (χ1v) is 7.08. The van der Waals surface area contributed by atoms with Crippen LogP contribution in [0.3, 0.4) is 0 Å². The molecule has 0 aliphatic carbocycles. The summed E-state index contributed by atoms with van der Waals surface area (Å²) >= 11 is 0. The number of likely N-dealkylation sites (tertiary alicyclic amines) is 1. The highest BCUT2D eigenvalue weighted by Gasteiger charge is 2.25. The van der Waals surface area contributed by atoms with Crippen molar-refractivity contribution >= 4 is 6.08 Å². The molecule has 0 amide bonds. The van der Waals surface area contributed by atoms with Gasteiger partial charge in [0.05, 0.1) is 6.61 Å². The number of nitrogens with zero attached hydrogens (tertiary/aromatic N) is 1. The monoisotopic (exact) mass is 261 g/mol. The number of halogens is 1. The molecule has 1 aromatic rings. The molecule has 0 aromatic heterocycles. The molecule has 0 saturated carbocycles. The van der Waals surface area contributed by atoms with Crippen molar-refractivity contribution in [2.24, 2.45) is 0 Å². The van der Waals surface area contributed by atoms with Gasteiger partial charge in [0, 0.05) is 25.7 Å². The minimum Gasteiger partial charge on any atom is -0.380 e. The molecule has 3 rings (SSSR count). The fourth-order valence-corrected chi connectivity index (χ4v) is 2.96. The van der Waals surface area contributed by atoms with Gasteiger partial charge in [0.15, 0.2) is 0 Å². The number of hydrogen-bond donors (Lipinski definition) is 0. The molecule has 2 saturated heterocycles. The zero-order valence-electron chi connectivity index (χ0n) is 11.1. The second-order valence-electron chi connectivity index (χ2n) is 5.41. The molecular formula is C16H20FNO. The van der Waals surface area contributed by atoms with Gasteiger partial charge in [-0.05, 0) is 37.0 Å². The summed E-state index contributed by atoms with van der Waals surface area (Å²) in [5.74, 6) is -0.158. The molecule has 102 valence electrons. The molecule has 2 aliphatic rings. The third kappa shape index (κ3) is 3.23. The highest BCUT2D eigenvalue weighted by Crippen LogP contribution is 2.23. The molecule has 1 unspecified atom stereocenters. The smallest absolute Gasteiger partial charge is 0.123 e. The summed E-state index contributed by atoms with van der Waals surface area (Å²) in [7, 11) is 0. The molecule has 2 fully saturated rings. The van der Waals surface area contributed by atoms with Gasteiger partial charge in [-0.15, -0.1) is 0 Å². The van der Waals surface area contributed by atoms with Crippen LogP contribution in [-0.2, 0) is 4.74 Å². The van der Waals surface area contributed by atoms with Crippen molar-refractivity contribution in [1.29, 1.82) is 0 Å². The lowest BCUT2D eigenvalue weighted by molar-refractivity contribution is 0.138. The van der Waals surface area contributed by atoms with E-state index in [4.69, 9.17) is 4.74 Å². The molecule has 0 N–H and O–H groups in total. The zero-order chi connectivity index (χ0) is 13.1. The average Bonchev–Trinajstić information content (AvgIpc) is 2.94. The lowest BCUT2D eigenvalue weighted by Gasteiger charge is -2.32. The van der Waals surface area contributed by atoms with E-state index < -0.39 is 0 Å². The highest BCUT2D eigenvalue weighted by molar-refractivity contribution is 5.53. The maximum absolute atomic E-state index is 13.1. The first-order chi connectivity index (χ1) is 9.31. The van der Waals surface area contributed by atoms with Crippen LogP contribution in [0.25, 0.3) is 6.08 Å². The van der Waals surface area contributed by atoms with Crippen LogP contribution in [-0.4, -0.2) is 37.2 Å². The molecule has 1 aromatic carbocycles. The summed E-state index contributed by atoms with van der Waals surface area (Å²) in [6.45, 7) is 4.01. The first-order valence-electron chi connectivity index (χ1n) is 7.08. The quantitative estimate of drug-likeness (QED) is 0.811. The molecule has 2 aliphatic heterocycles. The average molecular weight is 261 g/mol. The third-order valence-corrected chi connectivity index (χ3v) is 4.08. The maximum Gasteiger partial charge on any atom is 0.123 e. The largest absolute Gasteiger partial charge is 0.380 e. The molecule has 0 bridgehead atoms. The van der Waals surface area contributed by atoms with Crippen molar-refractivity contribution in [3.8, 4) is 0 Å². The van der Waals surface area contributed by atoms with Gasteiger partial charge in [0.2, 0.25) is 0 Å². The minimum atomic E-state index is -0.158. The van der Waals surface area contributed by atoms with Crippen LogP contribution < -0.4 is 0 Å². The predicted molar refractivity (Wildman–Crippen MR) is 74.4 cm³/mol. The lowest BCUT2D eigenvalue weighted by Crippen LogP contribution is -2.39. The van der Waals surface area contributed by atoms with Crippen molar-refractivity contribution in [3.63, 3.8) is 0 Å². The second-order valence-corrected chi connectivity index (χ2v) is 5.41. The Balaban J connectivity index is 1.60. The van der Waals surface area contributed by atoms with E-state index in [0.717, 1.165) is 44.7 Å². The summed E-state index contributed by atoms with van der Waals surface area (Å²) in [5.41, 5.74) is 2.41. The van der Waals surface area contributed by atoms with E-state index in [9.17, 15) is 4.39 Å². The van der Waals surface area contributed by atoms with Gasteiger partial charge < -0.3 is 4.74 Å². The lowest BCUT2D eigenvalue weighted by atomic mass is 9.99. The SMILES string of the molecule is Fc1cccc(C=C2CCN(C3CCOC3)CC2)c1. The van der Waals surface area contributed by atoms with Crippen LogP contribution >= 0.6 is 0 Å². The summed E-state index contributed by atoms with van der Waals surface area (Å²) in [6, 6.07) is 7.45. The Morgan fingerprint density at radius 3 is 2.79 bits per heavy atom. The number of hydrogen-bond acceptors (Lipinski definition) is 2. The van der Waals surface area contributed by atoms with Crippen molar-refractivity contribution in [2.75, 3.05) is 26.3 Å². The standard InChI is InChI=1S/C16H20FNO/c17-15-3-1-2-14(11-15)10-13-4-7-18(8-5-13)16-6-9-19-12-16/h1-3,10-11,16H,4-9,12H2. The molecule has 1 atom stereocenters. The van der Waals surface area contributed by atoms with Crippen molar-refractivity contribution in [2.45, 2.75) is 25.3 Å². The Hall–Kier alpha value is -1.19. The minimum absolute atomic E-state index is 0.158. The Morgan fingerprint density at radius 1 is 1.26 bits per heavy atom. The predicted octanol–water partition coefficient (Wildman–Crippen LogP) is 3.09. The van der Waals surface area contributed by atoms with Crippen LogP contribution in [0.4, 0.5) is 4.39 Å². The topological polar surface area (TPSA) is 12.5 Å². The van der Waals surface area contributed by atoms with E-state index in [0.29, 0.717) is 6.04 Å².